The molecule has 3 rings (SSSR count). The molecule has 138 valence electrons. The molecule has 0 aromatic heterocycles. The van der Waals surface area contributed by atoms with Crippen LogP contribution in [0.1, 0.15) is 5.56 Å². The number of carbonyl (C=O) groups is 1. The van der Waals surface area contributed by atoms with Crippen LogP contribution in [0.15, 0.2) is 29.2 Å². The van der Waals surface area contributed by atoms with E-state index in [2.05, 4.69) is 29.2 Å². The maximum Gasteiger partial charge on any atom is 0.319 e. The third-order valence-electron chi connectivity index (χ3n) is 4.96. The zero-order chi connectivity index (χ0) is 18.2. The Hall–Kier alpha value is -1.25. The first-order chi connectivity index (χ1) is 11.8. The van der Waals surface area contributed by atoms with Crippen LogP contribution in [0.2, 0.25) is 0 Å². The number of sulfone groups is 1. The first-order valence-electron chi connectivity index (χ1n) is 8.36. The monoisotopic (exact) mass is 383 g/mol. The van der Waals surface area contributed by atoms with E-state index >= 15 is 0 Å². The highest BCUT2D eigenvalue weighted by Gasteiger charge is 2.48. The molecule has 0 spiro atoms. The molecule has 0 N–H and O–H groups in total. The highest BCUT2D eigenvalue weighted by molar-refractivity contribution is 7.98. The van der Waals surface area contributed by atoms with Crippen LogP contribution in [0.3, 0.4) is 0 Å². The quantitative estimate of drug-likeness (QED) is 0.738. The molecule has 2 saturated heterocycles. The van der Waals surface area contributed by atoms with Crippen molar-refractivity contribution in [1.29, 1.82) is 0 Å². The van der Waals surface area contributed by atoms with Gasteiger partial charge in [0.15, 0.2) is 9.84 Å². The summed E-state index contributed by atoms with van der Waals surface area (Å²) in [6.45, 7) is 1.98. The smallest absolute Gasteiger partial charge is 0.319 e. The maximum absolute atomic E-state index is 12.4. The van der Waals surface area contributed by atoms with Crippen molar-refractivity contribution in [3.63, 3.8) is 0 Å². The summed E-state index contributed by atoms with van der Waals surface area (Å²) in [6, 6.07) is 7.91. The standard InChI is InChI=1S/C17H25N3O3S2/c1-18(2)17(21)20-9-8-19(15-11-25(22,23)12-16(15)20)10-13-4-6-14(24-3)7-5-13/h4-7,15-16H,8-12H2,1-3H3/t15-,16+/m1/s1. The molecule has 25 heavy (non-hydrogen) atoms. The van der Waals surface area contributed by atoms with E-state index in [1.807, 2.05) is 6.26 Å². The fourth-order valence-corrected chi connectivity index (χ4v) is 6.10. The summed E-state index contributed by atoms with van der Waals surface area (Å²) in [5.41, 5.74) is 1.17. The molecule has 0 unspecified atom stereocenters. The molecule has 2 heterocycles. The van der Waals surface area contributed by atoms with Crippen LogP contribution in [0, 0.1) is 0 Å². The second kappa shape index (κ2) is 7.17. The lowest BCUT2D eigenvalue weighted by Crippen LogP contribution is -2.61. The van der Waals surface area contributed by atoms with E-state index in [1.54, 1.807) is 30.8 Å². The lowest BCUT2D eigenvalue weighted by Gasteiger charge is -2.44. The fourth-order valence-electron chi connectivity index (χ4n) is 3.68. The van der Waals surface area contributed by atoms with Crippen molar-refractivity contribution in [3.05, 3.63) is 29.8 Å². The van der Waals surface area contributed by atoms with E-state index in [-0.39, 0.29) is 29.6 Å². The summed E-state index contributed by atoms with van der Waals surface area (Å²) in [6.07, 6.45) is 2.05. The van der Waals surface area contributed by atoms with Crippen molar-refractivity contribution in [2.24, 2.45) is 0 Å². The number of piperazine rings is 1. The number of thioether (sulfide) groups is 1. The average Bonchev–Trinajstić information content (AvgIpc) is 2.90. The first kappa shape index (κ1) is 18.5. The van der Waals surface area contributed by atoms with Gasteiger partial charge in [0.05, 0.1) is 17.5 Å². The Labute approximate surface area is 154 Å². The van der Waals surface area contributed by atoms with Crippen LogP contribution in [0.5, 0.6) is 0 Å². The Morgan fingerprint density at radius 1 is 1.16 bits per heavy atom. The molecule has 2 amide bonds. The minimum Gasteiger partial charge on any atom is -0.331 e. The summed E-state index contributed by atoms with van der Waals surface area (Å²) < 4.78 is 24.5. The SMILES string of the molecule is CSc1ccc(CN2CCN(C(=O)N(C)C)[C@H]3CS(=O)(=O)C[C@H]32)cc1. The first-order valence-corrected chi connectivity index (χ1v) is 11.4. The molecule has 0 saturated carbocycles. The molecular formula is C17H25N3O3S2. The van der Waals surface area contributed by atoms with Gasteiger partial charge in [0.25, 0.3) is 0 Å². The van der Waals surface area contributed by atoms with Gasteiger partial charge < -0.3 is 9.80 Å². The topological polar surface area (TPSA) is 60.9 Å². The van der Waals surface area contributed by atoms with Crippen molar-refractivity contribution in [3.8, 4) is 0 Å². The molecule has 0 bridgehead atoms. The predicted octanol–water partition coefficient (Wildman–Crippen LogP) is 1.37. The van der Waals surface area contributed by atoms with Gasteiger partial charge in [-0.2, -0.15) is 0 Å². The van der Waals surface area contributed by atoms with Gasteiger partial charge in [0.2, 0.25) is 0 Å². The van der Waals surface area contributed by atoms with E-state index in [9.17, 15) is 13.2 Å². The molecular weight excluding hydrogens is 358 g/mol. The normalized spacial score (nSPS) is 25.6. The minimum absolute atomic E-state index is 0.0686. The van der Waals surface area contributed by atoms with Crippen LogP contribution in [0.25, 0.3) is 0 Å². The number of hydrogen-bond donors (Lipinski definition) is 0. The lowest BCUT2D eigenvalue weighted by atomic mass is 10.0. The number of rotatable bonds is 3. The van der Waals surface area contributed by atoms with Gasteiger partial charge >= 0.3 is 6.03 Å². The molecule has 6 nitrogen and oxygen atoms in total. The number of nitrogens with zero attached hydrogens (tertiary/aromatic N) is 3. The van der Waals surface area contributed by atoms with E-state index in [4.69, 9.17) is 0 Å². The molecule has 1 aromatic rings. The van der Waals surface area contributed by atoms with Gasteiger partial charge in [-0.3, -0.25) is 4.90 Å². The molecule has 0 radical (unpaired) electrons. The van der Waals surface area contributed by atoms with E-state index in [0.29, 0.717) is 13.1 Å². The van der Waals surface area contributed by atoms with Crippen LogP contribution >= 0.6 is 11.8 Å². The molecule has 0 aliphatic carbocycles. The number of benzene rings is 1. The summed E-state index contributed by atoms with van der Waals surface area (Å²) in [5, 5.41) is 0. The van der Waals surface area contributed by atoms with Crippen molar-refractivity contribution in [1.82, 2.24) is 14.7 Å². The van der Waals surface area contributed by atoms with Gasteiger partial charge in [0.1, 0.15) is 0 Å². The number of fused-ring (bicyclic) bond motifs is 1. The average molecular weight is 384 g/mol. The highest BCUT2D eigenvalue weighted by Crippen LogP contribution is 2.29. The van der Waals surface area contributed by atoms with Crippen LogP contribution in [-0.4, -0.2) is 86.2 Å². The zero-order valence-electron chi connectivity index (χ0n) is 14.9. The molecule has 2 fully saturated rings. The van der Waals surface area contributed by atoms with Crippen molar-refractivity contribution < 1.29 is 13.2 Å². The summed E-state index contributed by atoms with van der Waals surface area (Å²) >= 11 is 1.70. The van der Waals surface area contributed by atoms with Crippen molar-refractivity contribution in [2.75, 3.05) is 44.9 Å². The van der Waals surface area contributed by atoms with Crippen molar-refractivity contribution in [2.45, 2.75) is 23.5 Å². The Morgan fingerprint density at radius 2 is 1.80 bits per heavy atom. The summed E-state index contributed by atoms with van der Waals surface area (Å²) in [7, 11) is 0.303. The van der Waals surface area contributed by atoms with E-state index in [1.165, 1.54) is 15.4 Å². The van der Waals surface area contributed by atoms with Gasteiger partial charge in [0, 0.05) is 44.7 Å². The third-order valence-corrected chi connectivity index (χ3v) is 7.41. The predicted molar refractivity (Wildman–Crippen MR) is 101 cm³/mol. The molecule has 1 aromatic carbocycles. The van der Waals surface area contributed by atoms with E-state index in [0.717, 1.165) is 6.54 Å². The zero-order valence-corrected chi connectivity index (χ0v) is 16.5. The van der Waals surface area contributed by atoms with Gasteiger partial charge in [-0.1, -0.05) is 12.1 Å². The van der Waals surface area contributed by atoms with Crippen molar-refractivity contribution >= 4 is 27.6 Å². The fraction of sp³-hybridized carbons (Fsp3) is 0.588. The second-order valence-electron chi connectivity index (χ2n) is 6.90. The Bertz CT molecular complexity index is 734. The Balaban J connectivity index is 1.79. The third kappa shape index (κ3) is 3.96. The number of hydrogen-bond acceptors (Lipinski definition) is 5. The minimum atomic E-state index is -3.11. The Morgan fingerprint density at radius 3 is 2.40 bits per heavy atom. The number of urea groups is 1. The largest absolute Gasteiger partial charge is 0.331 e. The van der Waals surface area contributed by atoms with Crippen LogP contribution < -0.4 is 0 Å². The van der Waals surface area contributed by atoms with Gasteiger partial charge in [-0.25, -0.2) is 13.2 Å². The summed E-state index contributed by atoms with van der Waals surface area (Å²) in [5.74, 6) is 0.205. The van der Waals surface area contributed by atoms with Gasteiger partial charge in [-0.15, -0.1) is 11.8 Å². The lowest BCUT2D eigenvalue weighted by molar-refractivity contribution is 0.0520. The van der Waals surface area contributed by atoms with Crippen LogP contribution in [-0.2, 0) is 16.4 Å². The summed E-state index contributed by atoms with van der Waals surface area (Å²) in [4.78, 5) is 19.1. The molecule has 2 aliphatic heterocycles. The molecule has 8 heteroatoms. The second-order valence-corrected chi connectivity index (χ2v) is 9.93. The number of amides is 2. The highest BCUT2D eigenvalue weighted by atomic mass is 32.2. The molecule has 2 atom stereocenters. The maximum atomic E-state index is 12.4. The van der Waals surface area contributed by atoms with Crippen LogP contribution in [0.4, 0.5) is 4.79 Å². The molecule has 2 aliphatic rings. The van der Waals surface area contributed by atoms with Gasteiger partial charge in [-0.05, 0) is 24.0 Å². The van der Waals surface area contributed by atoms with E-state index < -0.39 is 9.84 Å². The Kier molecular flexibility index (Phi) is 5.31. The number of carbonyl (C=O) groups excluding carboxylic acids is 1.